The molecule has 0 aliphatic heterocycles. The molecule has 0 atom stereocenters. The fourth-order valence-corrected chi connectivity index (χ4v) is 1.67. The predicted molar refractivity (Wildman–Crippen MR) is 68.9 cm³/mol. The number of rotatable bonds is 3. The number of nitrogens with zero attached hydrogens (tertiary/aromatic N) is 3. The molecule has 0 aliphatic carbocycles. The Morgan fingerprint density at radius 2 is 2.24 bits per heavy atom. The number of halogens is 1. The van der Waals surface area contributed by atoms with Gasteiger partial charge in [-0.3, -0.25) is 4.68 Å². The Morgan fingerprint density at radius 1 is 1.47 bits per heavy atom. The number of hydrogen-bond donors (Lipinski definition) is 2. The minimum Gasteiger partial charge on any atom is -0.396 e. The van der Waals surface area contributed by atoms with E-state index in [4.69, 9.17) is 17.3 Å². The van der Waals surface area contributed by atoms with Crippen LogP contribution in [0.4, 0.5) is 11.5 Å². The van der Waals surface area contributed by atoms with E-state index in [0.29, 0.717) is 23.1 Å². The normalized spacial score (nSPS) is 10.5. The van der Waals surface area contributed by atoms with Gasteiger partial charge in [0, 0.05) is 31.0 Å². The summed E-state index contributed by atoms with van der Waals surface area (Å²) in [5.74, 6) is 0.637. The summed E-state index contributed by atoms with van der Waals surface area (Å²) in [5, 5.41) is 7.86. The average molecular weight is 252 g/mol. The average Bonchev–Trinajstić information content (AvgIpc) is 2.59. The van der Waals surface area contributed by atoms with E-state index in [-0.39, 0.29) is 0 Å². The van der Waals surface area contributed by atoms with Crippen LogP contribution < -0.4 is 11.1 Å². The van der Waals surface area contributed by atoms with Gasteiger partial charge in [-0.1, -0.05) is 11.6 Å². The summed E-state index contributed by atoms with van der Waals surface area (Å²) in [6.07, 6.45) is 3.39. The molecule has 0 saturated heterocycles. The van der Waals surface area contributed by atoms with Gasteiger partial charge in [-0.05, 0) is 13.0 Å². The molecule has 2 aromatic heterocycles. The topological polar surface area (TPSA) is 68.8 Å². The number of nitrogen functional groups attached to an aromatic ring is 1. The van der Waals surface area contributed by atoms with Crippen LogP contribution in [0.2, 0.25) is 5.02 Å². The van der Waals surface area contributed by atoms with E-state index in [1.807, 2.05) is 24.9 Å². The van der Waals surface area contributed by atoms with E-state index in [1.165, 1.54) is 0 Å². The molecule has 0 bridgehead atoms. The Hall–Kier alpha value is -1.75. The first kappa shape index (κ1) is 11.7. The molecule has 2 rings (SSSR count). The third kappa shape index (κ3) is 2.50. The van der Waals surface area contributed by atoms with Gasteiger partial charge < -0.3 is 11.1 Å². The molecule has 0 amide bonds. The van der Waals surface area contributed by atoms with Crippen molar-refractivity contribution in [2.45, 2.75) is 13.5 Å². The first-order valence-electron chi connectivity index (χ1n) is 5.20. The van der Waals surface area contributed by atoms with Crippen molar-refractivity contribution in [1.82, 2.24) is 14.8 Å². The standard InChI is InChI=1S/C11H14ClN5/c1-7-8(5-16-17(7)2)4-14-11-10(13)3-9(12)6-15-11/h3,5-6H,4,13H2,1-2H3,(H,14,15). The zero-order valence-electron chi connectivity index (χ0n) is 9.74. The zero-order valence-corrected chi connectivity index (χ0v) is 10.5. The van der Waals surface area contributed by atoms with Crippen molar-refractivity contribution in [3.05, 3.63) is 34.7 Å². The SMILES string of the molecule is Cc1c(CNc2ncc(Cl)cc2N)cnn1C. The summed E-state index contributed by atoms with van der Waals surface area (Å²) in [4.78, 5) is 4.13. The highest BCUT2D eigenvalue weighted by molar-refractivity contribution is 6.30. The molecule has 0 unspecified atom stereocenters. The summed E-state index contributed by atoms with van der Waals surface area (Å²) in [6, 6.07) is 1.67. The molecule has 90 valence electrons. The molecule has 0 fully saturated rings. The van der Waals surface area contributed by atoms with Crippen LogP contribution in [-0.2, 0) is 13.6 Å². The molecule has 6 heteroatoms. The second kappa shape index (κ2) is 4.63. The molecule has 2 aromatic rings. The van der Waals surface area contributed by atoms with E-state index in [0.717, 1.165) is 11.3 Å². The summed E-state index contributed by atoms with van der Waals surface area (Å²) in [5.41, 5.74) is 8.57. The van der Waals surface area contributed by atoms with Gasteiger partial charge in [-0.15, -0.1) is 0 Å². The van der Waals surface area contributed by atoms with Gasteiger partial charge in [0.1, 0.15) is 5.82 Å². The maximum absolute atomic E-state index is 5.80. The van der Waals surface area contributed by atoms with Gasteiger partial charge in [0.25, 0.3) is 0 Å². The molecule has 0 aromatic carbocycles. The number of aromatic nitrogens is 3. The van der Waals surface area contributed by atoms with Crippen LogP contribution in [0.5, 0.6) is 0 Å². The van der Waals surface area contributed by atoms with Crippen LogP contribution in [0.1, 0.15) is 11.3 Å². The van der Waals surface area contributed by atoms with Crippen LogP contribution in [0, 0.1) is 6.92 Å². The largest absolute Gasteiger partial charge is 0.396 e. The van der Waals surface area contributed by atoms with Crippen LogP contribution in [0.25, 0.3) is 0 Å². The van der Waals surface area contributed by atoms with Crippen LogP contribution >= 0.6 is 11.6 Å². The van der Waals surface area contributed by atoms with Crippen molar-refractivity contribution in [3.8, 4) is 0 Å². The summed E-state index contributed by atoms with van der Waals surface area (Å²) < 4.78 is 1.83. The predicted octanol–water partition coefficient (Wildman–Crippen LogP) is 1.97. The van der Waals surface area contributed by atoms with Crippen molar-refractivity contribution >= 4 is 23.1 Å². The minimum atomic E-state index is 0.533. The molecule has 2 heterocycles. The lowest BCUT2D eigenvalue weighted by Gasteiger charge is -2.08. The Bertz CT molecular complexity index is 535. The van der Waals surface area contributed by atoms with E-state index in [9.17, 15) is 0 Å². The molecule has 0 saturated carbocycles. The van der Waals surface area contributed by atoms with Gasteiger partial charge in [0.2, 0.25) is 0 Å². The lowest BCUT2D eigenvalue weighted by Crippen LogP contribution is -2.05. The zero-order chi connectivity index (χ0) is 12.4. The Labute approximate surface area is 105 Å². The third-order valence-corrected chi connectivity index (χ3v) is 2.87. The summed E-state index contributed by atoms with van der Waals surface area (Å²) >= 11 is 5.78. The quantitative estimate of drug-likeness (QED) is 0.875. The lowest BCUT2D eigenvalue weighted by atomic mass is 10.2. The van der Waals surface area contributed by atoms with Gasteiger partial charge in [0.05, 0.1) is 16.9 Å². The van der Waals surface area contributed by atoms with Gasteiger partial charge in [0.15, 0.2) is 0 Å². The van der Waals surface area contributed by atoms with Gasteiger partial charge in [-0.25, -0.2) is 4.98 Å². The number of hydrogen-bond acceptors (Lipinski definition) is 4. The van der Waals surface area contributed by atoms with E-state index < -0.39 is 0 Å². The molecule has 17 heavy (non-hydrogen) atoms. The van der Waals surface area contributed by atoms with Crippen LogP contribution in [0.15, 0.2) is 18.5 Å². The Kier molecular flexibility index (Phi) is 3.19. The Balaban J connectivity index is 2.10. The highest BCUT2D eigenvalue weighted by atomic mass is 35.5. The Morgan fingerprint density at radius 3 is 2.82 bits per heavy atom. The lowest BCUT2D eigenvalue weighted by molar-refractivity contribution is 0.738. The second-order valence-electron chi connectivity index (χ2n) is 3.82. The van der Waals surface area contributed by atoms with Crippen molar-refractivity contribution < 1.29 is 0 Å². The van der Waals surface area contributed by atoms with E-state index in [2.05, 4.69) is 15.4 Å². The number of aryl methyl sites for hydroxylation is 1. The van der Waals surface area contributed by atoms with Crippen LogP contribution in [0.3, 0.4) is 0 Å². The monoisotopic (exact) mass is 251 g/mol. The molecule has 0 aliphatic rings. The minimum absolute atomic E-state index is 0.533. The fourth-order valence-electron chi connectivity index (χ4n) is 1.50. The smallest absolute Gasteiger partial charge is 0.149 e. The molecule has 5 nitrogen and oxygen atoms in total. The van der Waals surface area contributed by atoms with Crippen LogP contribution in [-0.4, -0.2) is 14.8 Å². The third-order valence-electron chi connectivity index (χ3n) is 2.67. The number of anilines is 2. The second-order valence-corrected chi connectivity index (χ2v) is 4.26. The number of pyridine rings is 1. The first-order chi connectivity index (χ1) is 8.08. The first-order valence-corrected chi connectivity index (χ1v) is 5.58. The fraction of sp³-hybridized carbons (Fsp3) is 0.273. The van der Waals surface area contributed by atoms with E-state index >= 15 is 0 Å². The number of nitrogens with one attached hydrogen (secondary N) is 1. The van der Waals surface area contributed by atoms with Gasteiger partial charge >= 0.3 is 0 Å². The van der Waals surface area contributed by atoms with E-state index in [1.54, 1.807) is 12.3 Å². The molecule has 0 spiro atoms. The molecule has 3 N–H and O–H groups in total. The number of nitrogens with two attached hydrogens (primary N) is 1. The summed E-state index contributed by atoms with van der Waals surface area (Å²) in [6.45, 7) is 2.65. The van der Waals surface area contributed by atoms with Gasteiger partial charge in [-0.2, -0.15) is 5.10 Å². The summed E-state index contributed by atoms with van der Waals surface area (Å²) in [7, 11) is 1.91. The van der Waals surface area contributed by atoms with Crippen molar-refractivity contribution in [2.24, 2.45) is 7.05 Å². The maximum atomic E-state index is 5.80. The maximum Gasteiger partial charge on any atom is 0.149 e. The van der Waals surface area contributed by atoms with Crippen molar-refractivity contribution in [3.63, 3.8) is 0 Å². The highest BCUT2D eigenvalue weighted by Gasteiger charge is 2.05. The highest BCUT2D eigenvalue weighted by Crippen LogP contribution is 2.20. The molecule has 0 radical (unpaired) electrons. The van der Waals surface area contributed by atoms with Crippen molar-refractivity contribution in [1.29, 1.82) is 0 Å². The molecular formula is C11H14ClN5. The molecular weight excluding hydrogens is 238 g/mol. The van der Waals surface area contributed by atoms with Crippen molar-refractivity contribution in [2.75, 3.05) is 11.1 Å².